The highest BCUT2D eigenvalue weighted by Gasteiger charge is 2.28. The summed E-state index contributed by atoms with van der Waals surface area (Å²) in [5.41, 5.74) is 10.4. The van der Waals surface area contributed by atoms with E-state index in [-0.39, 0.29) is 0 Å². The van der Waals surface area contributed by atoms with Crippen LogP contribution in [0.5, 0.6) is 0 Å². The van der Waals surface area contributed by atoms with Crippen LogP contribution in [0.1, 0.15) is 0 Å². The Kier molecular flexibility index (Phi) is 6.18. The van der Waals surface area contributed by atoms with Crippen LogP contribution >= 0.6 is 0 Å². The van der Waals surface area contributed by atoms with Gasteiger partial charge in [0.25, 0.3) is 0 Å². The monoisotopic (exact) mass is 668 g/mol. The third-order valence-electron chi connectivity index (χ3n) is 10.1. The molecule has 0 aliphatic heterocycles. The summed E-state index contributed by atoms with van der Waals surface area (Å²) in [6.45, 7) is 0. The first kappa shape index (κ1) is 28.7. The topological polar surface area (TPSA) is 55.6 Å². The zero-order valence-corrected chi connectivity index (χ0v) is 27.8. The molecule has 5 nitrogen and oxygen atoms in total. The van der Waals surface area contributed by atoms with Crippen LogP contribution in [0.3, 0.4) is 0 Å². The van der Waals surface area contributed by atoms with Crippen LogP contribution in [0.15, 0.2) is 183 Å². The molecule has 0 atom stereocenters. The van der Waals surface area contributed by atoms with Crippen molar-refractivity contribution in [2.24, 2.45) is 0 Å². The quantitative estimate of drug-likeness (QED) is 0.183. The fourth-order valence-electron chi connectivity index (χ4n) is 7.73. The first-order valence-corrected chi connectivity index (χ1v) is 17.4. The SMILES string of the molecule is c1ccc(-c2nc3c(N(c4ccc(-c5cccc6ccccc56)cc4)c4cccc5oc6ccccc6c45)c4oc5ccccc5c4cc3o2)cc1. The number of rotatable bonds is 5. The van der Waals surface area contributed by atoms with Gasteiger partial charge in [-0.25, -0.2) is 4.98 Å². The molecule has 8 aromatic carbocycles. The van der Waals surface area contributed by atoms with Crippen molar-refractivity contribution in [2.45, 2.75) is 0 Å². The van der Waals surface area contributed by atoms with Crippen LogP contribution in [-0.4, -0.2) is 4.98 Å². The van der Waals surface area contributed by atoms with E-state index in [9.17, 15) is 0 Å². The Bertz CT molecular complexity index is 3130. The van der Waals surface area contributed by atoms with Crippen molar-refractivity contribution in [2.75, 3.05) is 4.90 Å². The number of para-hydroxylation sites is 2. The number of aromatic nitrogens is 1. The molecule has 11 rings (SSSR count). The number of furan rings is 2. The lowest BCUT2D eigenvalue weighted by Crippen LogP contribution is -2.11. The molecular formula is C47H28N2O3. The fourth-order valence-corrected chi connectivity index (χ4v) is 7.73. The predicted molar refractivity (Wildman–Crippen MR) is 212 cm³/mol. The van der Waals surface area contributed by atoms with Crippen molar-refractivity contribution in [3.8, 4) is 22.6 Å². The molecule has 52 heavy (non-hydrogen) atoms. The number of nitrogens with zero attached hydrogens (tertiary/aromatic N) is 2. The average molecular weight is 669 g/mol. The van der Waals surface area contributed by atoms with Gasteiger partial charge in [-0.3, -0.25) is 0 Å². The summed E-state index contributed by atoms with van der Waals surface area (Å²) in [6, 6.07) is 58.4. The maximum atomic E-state index is 6.81. The largest absolute Gasteiger partial charge is 0.456 e. The Labute approximate surface area is 297 Å². The fraction of sp³-hybridized carbons (Fsp3) is 0. The first-order chi connectivity index (χ1) is 25.8. The van der Waals surface area contributed by atoms with Crippen molar-refractivity contribution in [1.29, 1.82) is 0 Å². The zero-order valence-electron chi connectivity index (χ0n) is 27.8. The minimum absolute atomic E-state index is 0.548. The molecule has 0 radical (unpaired) electrons. The van der Waals surface area contributed by atoms with Crippen LogP contribution in [-0.2, 0) is 0 Å². The van der Waals surface area contributed by atoms with E-state index in [0.717, 1.165) is 72.1 Å². The number of benzene rings is 8. The van der Waals surface area contributed by atoms with Gasteiger partial charge in [0.05, 0.1) is 11.1 Å². The van der Waals surface area contributed by atoms with E-state index in [1.165, 1.54) is 16.3 Å². The van der Waals surface area contributed by atoms with Gasteiger partial charge in [0, 0.05) is 27.4 Å². The summed E-state index contributed by atoms with van der Waals surface area (Å²) < 4.78 is 19.8. The normalized spacial score (nSPS) is 11.8. The van der Waals surface area contributed by atoms with E-state index >= 15 is 0 Å². The Balaban J connectivity index is 1.24. The number of oxazole rings is 1. The summed E-state index contributed by atoms with van der Waals surface area (Å²) >= 11 is 0. The molecule has 0 saturated carbocycles. The number of hydrogen-bond donors (Lipinski definition) is 0. The molecule has 0 bridgehead atoms. The molecule has 0 fully saturated rings. The van der Waals surface area contributed by atoms with Gasteiger partial charge < -0.3 is 18.2 Å². The van der Waals surface area contributed by atoms with Gasteiger partial charge in [-0.15, -0.1) is 0 Å². The van der Waals surface area contributed by atoms with Crippen LogP contribution in [0, 0.1) is 0 Å². The summed E-state index contributed by atoms with van der Waals surface area (Å²) in [7, 11) is 0. The molecule has 0 saturated heterocycles. The Hall–Kier alpha value is -7.11. The molecule has 244 valence electrons. The maximum Gasteiger partial charge on any atom is 0.227 e. The van der Waals surface area contributed by atoms with E-state index in [1.807, 2.05) is 72.8 Å². The molecule has 0 spiro atoms. The van der Waals surface area contributed by atoms with Gasteiger partial charge in [-0.05, 0) is 76.5 Å². The summed E-state index contributed by atoms with van der Waals surface area (Å²) in [6.07, 6.45) is 0. The van der Waals surface area contributed by atoms with Crippen molar-refractivity contribution < 1.29 is 13.3 Å². The van der Waals surface area contributed by atoms with Crippen LogP contribution in [0.25, 0.3) is 88.3 Å². The second kappa shape index (κ2) is 11.2. The van der Waals surface area contributed by atoms with Gasteiger partial charge in [-0.2, -0.15) is 0 Å². The van der Waals surface area contributed by atoms with Crippen LogP contribution in [0.2, 0.25) is 0 Å². The minimum Gasteiger partial charge on any atom is -0.456 e. The second-order valence-corrected chi connectivity index (χ2v) is 13.1. The lowest BCUT2D eigenvalue weighted by molar-refractivity contribution is 0.620. The van der Waals surface area contributed by atoms with Gasteiger partial charge in [0.15, 0.2) is 11.2 Å². The third kappa shape index (κ3) is 4.33. The molecular weight excluding hydrogens is 641 g/mol. The Morgan fingerprint density at radius 1 is 0.442 bits per heavy atom. The molecule has 0 unspecified atom stereocenters. The van der Waals surface area contributed by atoms with E-state index in [2.05, 4.69) is 102 Å². The van der Waals surface area contributed by atoms with Crippen molar-refractivity contribution >= 4 is 82.8 Å². The highest BCUT2D eigenvalue weighted by atomic mass is 16.4. The van der Waals surface area contributed by atoms with Gasteiger partial charge in [-0.1, -0.05) is 115 Å². The van der Waals surface area contributed by atoms with E-state index in [1.54, 1.807) is 0 Å². The van der Waals surface area contributed by atoms with Gasteiger partial charge >= 0.3 is 0 Å². The number of fused-ring (bicyclic) bond motifs is 8. The van der Waals surface area contributed by atoms with Crippen molar-refractivity contribution in [3.63, 3.8) is 0 Å². The van der Waals surface area contributed by atoms with Crippen molar-refractivity contribution in [3.05, 3.63) is 170 Å². The number of hydrogen-bond acceptors (Lipinski definition) is 5. The molecule has 0 N–H and O–H groups in total. The third-order valence-corrected chi connectivity index (χ3v) is 10.1. The van der Waals surface area contributed by atoms with Crippen LogP contribution < -0.4 is 4.90 Å². The van der Waals surface area contributed by atoms with E-state index in [4.69, 9.17) is 18.2 Å². The van der Waals surface area contributed by atoms with Crippen LogP contribution in [0.4, 0.5) is 17.1 Å². The van der Waals surface area contributed by atoms with Crippen molar-refractivity contribution in [1.82, 2.24) is 4.98 Å². The molecule has 0 amide bonds. The molecule has 0 aliphatic rings. The van der Waals surface area contributed by atoms with Gasteiger partial charge in [0.1, 0.15) is 28.0 Å². The lowest BCUT2D eigenvalue weighted by Gasteiger charge is -2.26. The number of anilines is 3. The highest BCUT2D eigenvalue weighted by Crippen LogP contribution is 2.50. The summed E-state index contributed by atoms with van der Waals surface area (Å²) in [5.74, 6) is 0.548. The maximum absolute atomic E-state index is 6.81. The molecule has 11 aromatic rings. The Morgan fingerprint density at radius 2 is 1.12 bits per heavy atom. The predicted octanol–water partition coefficient (Wildman–Crippen LogP) is 13.6. The minimum atomic E-state index is 0.548. The molecule has 3 heterocycles. The summed E-state index contributed by atoms with van der Waals surface area (Å²) in [5, 5.41) is 6.43. The molecule has 0 aliphatic carbocycles. The van der Waals surface area contributed by atoms with E-state index in [0.29, 0.717) is 17.0 Å². The zero-order chi connectivity index (χ0) is 34.2. The standard InChI is InChI=1S/C47H28N2O3/c1-2-13-31(14-3-1)47-48-44-42(52-47)28-37-35-17-6-8-21-39(35)51-46(37)45(44)49(38-20-11-23-41-43(38)36-18-7-9-22-40(36)50-41)32-26-24-30(25-27-32)34-19-10-15-29-12-4-5-16-33(29)34/h1-28H. The lowest BCUT2D eigenvalue weighted by atomic mass is 9.98. The smallest absolute Gasteiger partial charge is 0.227 e. The highest BCUT2D eigenvalue weighted by molar-refractivity contribution is 6.20. The van der Waals surface area contributed by atoms with E-state index < -0.39 is 0 Å². The summed E-state index contributed by atoms with van der Waals surface area (Å²) in [4.78, 5) is 7.48. The van der Waals surface area contributed by atoms with Gasteiger partial charge in [0.2, 0.25) is 5.89 Å². The second-order valence-electron chi connectivity index (χ2n) is 13.1. The Morgan fingerprint density at radius 3 is 1.96 bits per heavy atom. The molecule has 3 aromatic heterocycles. The first-order valence-electron chi connectivity index (χ1n) is 17.4. The average Bonchev–Trinajstić information content (AvgIpc) is 3.92. The molecule has 5 heteroatoms.